The summed E-state index contributed by atoms with van der Waals surface area (Å²) in [6.45, 7) is 8.23. The van der Waals surface area contributed by atoms with Crippen molar-refractivity contribution >= 4 is 65.2 Å². The number of hydrogen-bond donors (Lipinski definition) is 18. The molecule has 8 amide bonds. The van der Waals surface area contributed by atoms with E-state index in [1.54, 1.807) is 27.7 Å². The Kier molecular flexibility index (Phi) is 39.3. The lowest BCUT2D eigenvalue weighted by Gasteiger charge is -2.30. The maximum absolute atomic E-state index is 14.3. The van der Waals surface area contributed by atoms with E-state index in [1.165, 1.54) is 0 Å². The summed E-state index contributed by atoms with van der Waals surface area (Å²) in [4.78, 5) is 139. The van der Waals surface area contributed by atoms with Crippen LogP contribution in [-0.4, -0.2) is 169 Å². The summed E-state index contributed by atoms with van der Waals surface area (Å²) >= 11 is 0. The molecule has 0 unspecified atom stereocenters. The second kappa shape index (κ2) is 42.6. The SMILES string of the molecule is CC(C)[C@H](NC(=O)[C@H](CCCCN)NC(=O)[C@@H](NC(=O)[C@H](CCCCN)NC(=O)[C@@H](N)CCCCN)C(C)C)C(=O)N[C@@H](CCCCN)C(=O)N[C@@H](CCC(=O)O)C(=O)N[C@@H](CCCCN)C(=O)N[C@@H](CCCN=C(N)N)C(=O)O. The van der Waals surface area contributed by atoms with E-state index in [-0.39, 0.29) is 70.7 Å². The maximum atomic E-state index is 14.3. The number of aliphatic imine (C=N–C) groups is 1. The molecule has 0 bridgehead atoms. The van der Waals surface area contributed by atoms with E-state index in [0.717, 1.165) is 0 Å². The van der Waals surface area contributed by atoms with Crippen LogP contribution in [-0.2, 0) is 47.9 Å². The third-order valence-corrected chi connectivity index (χ3v) is 13.0. The molecule has 80 heavy (non-hydrogen) atoms. The number of carboxylic acid groups (broad SMARTS) is 2. The number of guanidine groups is 1. The van der Waals surface area contributed by atoms with Crippen molar-refractivity contribution in [3.8, 4) is 0 Å². The molecule has 0 aromatic rings. The Morgan fingerprint density at radius 3 is 0.975 bits per heavy atom. The van der Waals surface area contributed by atoms with Crippen molar-refractivity contribution < 1.29 is 58.2 Å². The molecule has 0 saturated carbocycles. The first-order chi connectivity index (χ1) is 37.9. The summed E-state index contributed by atoms with van der Waals surface area (Å²) in [5.41, 5.74) is 45.3. The predicted octanol–water partition coefficient (Wildman–Crippen LogP) is -3.85. The van der Waals surface area contributed by atoms with Gasteiger partial charge in [-0.05, 0) is 154 Å². The molecule has 0 aliphatic rings. The van der Waals surface area contributed by atoms with Gasteiger partial charge in [0, 0.05) is 13.0 Å². The van der Waals surface area contributed by atoms with Gasteiger partial charge >= 0.3 is 11.9 Å². The van der Waals surface area contributed by atoms with Gasteiger partial charge in [0.05, 0.1) is 6.04 Å². The number of carbonyl (C=O) groups is 10. The molecule has 0 aliphatic carbocycles. The van der Waals surface area contributed by atoms with E-state index in [9.17, 15) is 58.2 Å². The van der Waals surface area contributed by atoms with Gasteiger partial charge in [-0.3, -0.25) is 48.1 Å². The molecule has 0 heterocycles. The molecule has 0 radical (unpaired) electrons. The van der Waals surface area contributed by atoms with Crippen molar-refractivity contribution in [1.82, 2.24) is 42.5 Å². The Labute approximate surface area is 470 Å². The number of hydrogen-bond acceptors (Lipinski definition) is 17. The van der Waals surface area contributed by atoms with Crippen LogP contribution >= 0.6 is 0 Å². The highest BCUT2D eigenvalue weighted by Gasteiger charge is 2.36. The smallest absolute Gasteiger partial charge is 0.326 e. The summed E-state index contributed by atoms with van der Waals surface area (Å²) in [6.07, 6.45) is 4.23. The van der Waals surface area contributed by atoms with E-state index in [4.69, 9.17) is 45.9 Å². The lowest BCUT2D eigenvalue weighted by molar-refractivity contribution is -0.142. The molecular weight excluding hydrogens is 1040 g/mol. The number of carbonyl (C=O) groups excluding carboxylic acids is 8. The summed E-state index contributed by atoms with van der Waals surface area (Å²) < 4.78 is 0. The number of aliphatic carboxylic acids is 2. The quantitative estimate of drug-likeness (QED) is 0.0158. The first-order valence-corrected chi connectivity index (χ1v) is 28.1. The molecule has 0 aromatic heterocycles. The van der Waals surface area contributed by atoms with Gasteiger partial charge in [0.25, 0.3) is 0 Å². The zero-order valence-corrected chi connectivity index (χ0v) is 47.6. The largest absolute Gasteiger partial charge is 0.481 e. The van der Waals surface area contributed by atoms with Gasteiger partial charge in [-0.15, -0.1) is 0 Å². The minimum atomic E-state index is -1.58. The minimum absolute atomic E-state index is 0.00871. The lowest BCUT2D eigenvalue weighted by Crippen LogP contribution is -2.61. The first kappa shape index (κ1) is 73.7. The van der Waals surface area contributed by atoms with Crippen LogP contribution in [0.2, 0.25) is 0 Å². The van der Waals surface area contributed by atoms with Gasteiger partial charge in [0.15, 0.2) is 5.96 Å². The van der Waals surface area contributed by atoms with E-state index < -0.39 is 138 Å². The van der Waals surface area contributed by atoms with Gasteiger partial charge < -0.3 is 98.6 Å². The van der Waals surface area contributed by atoms with Crippen molar-refractivity contribution in [2.45, 2.75) is 204 Å². The number of nitrogens with zero attached hydrogens (tertiary/aromatic N) is 1. The lowest BCUT2D eigenvalue weighted by atomic mass is 9.99. The molecule has 0 spiro atoms. The second-order valence-corrected chi connectivity index (χ2v) is 20.6. The number of nitrogens with one attached hydrogen (secondary N) is 8. The summed E-state index contributed by atoms with van der Waals surface area (Å²) in [7, 11) is 0. The number of unbranched alkanes of at least 4 members (excludes halogenated alkanes) is 5. The van der Waals surface area contributed by atoms with Crippen molar-refractivity contribution in [2.75, 3.05) is 39.3 Å². The fraction of sp³-hybridized carbons (Fsp3) is 0.784. The molecule has 0 aliphatic heterocycles. The van der Waals surface area contributed by atoms with Gasteiger partial charge in [-0.25, -0.2) is 4.79 Å². The first-order valence-electron chi connectivity index (χ1n) is 28.1. The molecule has 26 N–H and O–H groups in total. The Bertz CT molecular complexity index is 1940. The van der Waals surface area contributed by atoms with E-state index >= 15 is 0 Å². The Morgan fingerprint density at radius 1 is 0.375 bits per heavy atom. The molecule has 29 heteroatoms. The average molecular weight is 1140 g/mol. The average Bonchev–Trinajstić information content (AvgIpc) is 3.39. The summed E-state index contributed by atoms with van der Waals surface area (Å²) in [5.74, 6) is -10.3. The zero-order valence-electron chi connectivity index (χ0n) is 47.6. The Morgan fingerprint density at radius 2 is 0.662 bits per heavy atom. The van der Waals surface area contributed by atoms with Gasteiger partial charge in [-0.2, -0.15) is 0 Å². The van der Waals surface area contributed by atoms with Crippen molar-refractivity contribution in [2.24, 2.45) is 62.7 Å². The van der Waals surface area contributed by atoms with Gasteiger partial charge in [0.1, 0.15) is 48.3 Å². The van der Waals surface area contributed by atoms with Crippen molar-refractivity contribution in [1.29, 1.82) is 0 Å². The van der Waals surface area contributed by atoms with Crippen LogP contribution in [0.4, 0.5) is 0 Å². The van der Waals surface area contributed by atoms with Gasteiger partial charge in [0.2, 0.25) is 47.3 Å². The van der Waals surface area contributed by atoms with Crippen LogP contribution in [0.15, 0.2) is 4.99 Å². The number of carboxylic acids is 2. The van der Waals surface area contributed by atoms with Crippen molar-refractivity contribution in [3.05, 3.63) is 0 Å². The number of amides is 8. The van der Waals surface area contributed by atoms with Crippen LogP contribution < -0.4 is 88.4 Å². The Hall–Kier alpha value is -6.27. The molecule has 29 nitrogen and oxygen atoms in total. The minimum Gasteiger partial charge on any atom is -0.481 e. The number of nitrogens with two attached hydrogens (primary N) is 8. The van der Waals surface area contributed by atoms with E-state index in [2.05, 4.69) is 47.5 Å². The molecule has 9 atom stereocenters. The normalized spacial score (nSPS) is 14.6. The van der Waals surface area contributed by atoms with Crippen LogP contribution in [0.25, 0.3) is 0 Å². The van der Waals surface area contributed by atoms with E-state index in [1.807, 2.05) is 0 Å². The van der Waals surface area contributed by atoms with Crippen LogP contribution in [0, 0.1) is 11.8 Å². The third kappa shape index (κ3) is 31.5. The highest BCUT2D eigenvalue weighted by molar-refractivity contribution is 5.98. The van der Waals surface area contributed by atoms with E-state index in [0.29, 0.717) is 83.7 Å². The highest BCUT2D eigenvalue weighted by Crippen LogP contribution is 2.13. The maximum Gasteiger partial charge on any atom is 0.326 e. The predicted molar refractivity (Wildman–Crippen MR) is 302 cm³/mol. The topological polar surface area (TPSA) is 528 Å². The van der Waals surface area contributed by atoms with Gasteiger partial charge in [-0.1, -0.05) is 34.1 Å². The number of rotatable bonds is 46. The molecule has 0 aromatic carbocycles. The molecule has 0 saturated heterocycles. The second-order valence-electron chi connectivity index (χ2n) is 20.6. The monoisotopic (exact) mass is 1140 g/mol. The third-order valence-electron chi connectivity index (χ3n) is 13.0. The van der Waals surface area contributed by atoms with Crippen LogP contribution in [0.5, 0.6) is 0 Å². The summed E-state index contributed by atoms with van der Waals surface area (Å²) in [5, 5.41) is 40.5. The van der Waals surface area contributed by atoms with Crippen molar-refractivity contribution in [3.63, 3.8) is 0 Å². The van der Waals surface area contributed by atoms with Crippen LogP contribution in [0.3, 0.4) is 0 Å². The fourth-order valence-corrected chi connectivity index (χ4v) is 8.18. The standard InChI is InChI=1S/C51H99N17O12/c1-30(2)40(68-47(76)36(20-9-14-28-56)65-49(78)41(31(3)4)67-46(75)35(19-8-13-27-55)61-42(71)32(57)16-5-10-24-52)48(77)64-34(18-7-12-26-54)43(72)63-37(22-23-39(69)70)45(74)62-33(17-6-11-25-53)44(73)66-38(50(79)80)21-15-29-60-51(58)59/h30-38,40-41H,5-29,52-57H2,1-4H3,(H,61,71)(H,62,74)(H,63,72)(H,64,77)(H,65,78)(H,66,73)(H,67,75)(H,68,76)(H,69,70)(H,79,80)(H4,58,59,60)/t32-,33-,34-,35-,36-,37-,38-,40-,41-/m0/s1. The highest BCUT2D eigenvalue weighted by atomic mass is 16.4. The molecule has 0 fully saturated rings. The fourth-order valence-electron chi connectivity index (χ4n) is 8.18. The summed E-state index contributed by atoms with van der Waals surface area (Å²) in [6, 6.07) is -11.4. The molecular formula is C51H99N17O12. The Balaban J connectivity index is 6.73. The molecule has 0 rings (SSSR count). The van der Waals surface area contributed by atoms with Crippen LogP contribution in [0.1, 0.15) is 150 Å². The molecule has 460 valence electrons. The zero-order chi connectivity index (χ0) is 60.7.